The molecule has 0 aliphatic rings. The molecular formula is C16H13N3O. The molecule has 2 aromatic carbocycles. The highest BCUT2D eigenvalue weighted by Gasteiger charge is 2.06. The van der Waals surface area contributed by atoms with Crippen molar-refractivity contribution in [1.29, 1.82) is 0 Å². The van der Waals surface area contributed by atoms with Gasteiger partial charge in [0.1, 0.15) is 0 Å². The third-order valence-electron chi connectivity index (χ3n) is 3.02. The van der Waals surface area contributed by atoms with E-state index in [4.69, 9.17) is 5.73 Å². The molecule has 0 atom stereocenters. The van der Waals surface area contributed by atoms with Crippen LogP contribution < -0.4 is 11.1 Å². The quantitative estimate of drug-likeness (QED) is 0.698. The summed E-state index contributed by atoms with van der Waals surface area (Å²) >= 11 is 0. The van der Waals surface area contributed by atoms with Crippen molar-refractivity contribution < 1.29 is 4.79 Å². The Morgan fingerprint density at radius 2 is 1.80 bits per heavy atom. The highest BCUT2D eigenvalue weighted by atomic mass is 16.1. The summed E-state index contributed by atoms with van der Waals surface area (Å²) in [6, 6.07) is 16.5. The molecule has 0 saturated heterocycles. The number of benzene rings is 2. The van der Waals surface area contributed by atoms with Crippen molar-refractivity contribution in [3.63, 3.8) is 0 Å². The standard InChI is InChI=1S/C16H13N3O/c17-13-7-5-11(6-8-13)16(20)19-14-9-12-3-1-2-4-15(12)18-10-14/h1-10H,17H2,(H,19,20). The zero-order chi connectivity index (χ0) is 13.9. The van der Waals surface area contributed by atoms with Crippen LogP contribution in [0.25, 0.3) is 10.9 Å². The molecule has 1 amide bonds. The zero-order valence-electron chi connectivity index (χ0n) is 10.7. The van der Waals surface area contributed by atoms with Crippen LogP contribution in [0.15, 0.2) is 60.8 Å². The van der Waals surface area contributed by atoms with Crippen LogP contribution >= 0.6 is 0 Å². The molecule has 98 valence electrons. The van der Waals surface area contributed by atoms with E-state index in [1.54, 1.807) is 30.5 Å². The molecule has 0 radical (unpaired) electrons. The van der Waals surface area contributed by atoms with Gasteiger partial charge in [0.15, 0.2) is 0 Å². The van der Waals surface area contributed by atoms with Crippen molar-refractivity contribution in [2.75, 3.05) is 11.1 Å². The largest absolute Gasteiger partial charge is 0.399 e. The Labute approximate surface area is 116 Å². The van der Waals surface area contributed by atoms with Gasteiger partial charge in [-0.3, -0.25) is 9.78 Å². The fourth-order valence-electron chi connectivity index (χ4n) is 1.98. The molecule has 0 fully saturated rings. The molecule has 3 aromatic rings. The van der Waals surface area contributed by atoms with Gasteiger partial charge in [-0.25, -0.2) is 0 Å². The Morgan fingerprint density at radius 3 is 2.60 bits per heavy atom. The lowest BCUT2D eigenvalue weighted by atomic mass is 10.2. The Bertz CT molecular complexity index is 766. The minimum absolute atomic E-state index is 0.179. The highest BCUT2D eigenvalue weighted by molar-refractivity contribution is 6.05. The van der Waals surface area contributed by atoms with E-state index in [1.807, 2.05) is 30.3 Å². The minimum Gasteiger partial charge on any atom is -0.399 e. The number of nitrogens with one attached hydrogen (secondary N) is 1. The number of aromatic nitrogens is 1. The number of carbonyl (C=O) groups is 1. The maximum Gasteiger partial charge on any atom is 0.255 e. The highest BCUT2D eigenvalue weighted by Crippen LogP contribution is 2.17. The summed E-state index contributed by atoms with van der Waals surface area (Å²) in [6.45, 7) is 0. The molecule has 3 N–H and O–H groups in total. The molecule has 0 saturated carbocycles. The van der Waals surface area contributed by atoms with Crippen molar-refractivity contribution in [2.24, 2.45) is 0 Å². The van der Waals surface area contributed by atoms with E-state index in [1.165, 1.54) is 0 Å². The lowest BCUT2D eigenvalue weighted by Crippen LogP contribution is -2.12. The molecule has 3 rings (SSSR count). The summed E-state index contributed by atoms with van der Waals surface area (Å²) in [7, 11) is 0. The number of para-hydroxylation sites is 1. The van der Waals surface area contributed by atoms with E-state index in [0.29, 0.717) is 16.9 Å². The number of nitrogen functional groups attached to an aromatic ring is 1. The second kappa shape index (κ2) is 5.01. The normalized spacial score (nSPS) is 10.4. The zero-order valence-corrected chi connectivity index (χ0v) is 10.7. The van der Waals surface area contributed by atoms with Crippen molar-refractivity contribution in [3.8, 4) is 0 Å². The predicted molar refractivity (Wildman–Crippen MR) is 80.6 cm³/mol. The molecule has 0 bridgehead atoms. The van der Waals surface area contributed by atoms with E-state index >= 15 is 0 Å². The lowest BCUT2D eigenvalue weighted by Gasteiger charge is -2.06. The number of fused-ring (bicyclic) bond motifs is 1. The second-order valence-electron chi connectivity index (χ2n) is 4.49. The van der Waals surface area contributed by atoms with Gasteiger partial charge in [-0.1, -0.05) is 18.2 Å². The van der Waals surface area contributed by atoms with Crippen LogP contribution in [0.1, 0.15) is 10.4 Å². The first-order valence-electron chi connectivity index (χ1n) is 6.24. The number of anilines is 2. The lowest BCUT2D eigenvalue weighted by molar-refractivity contribution is 0.102. The van der Waals surface area contributed by atoms with Crippen molar-refractivity contribution >= 4 is 28.2 Å². The molecule has 4 nitrogen and oxygen atoms in total. The van der Waals surface area contributed by atoms with Gasteiger partial charge >= 0.3 is 0 Å². The number of amides is 1. The van der Waals surface area contributed by atoms with Gasteiger partial charge in [-0.05, 0) is 36.4 Å². The summed E-state index contributed by atoms with van der Waals surface area (Å²) in [5.41, 5.74) is 8.37. The average Bonchev–Trinajstić information content (AvgIpc) is 2.48. The van der Waals surface area contributed by atoms with E-state index < -0.39 is 0 Å². The molecule has 0 aliphatic heterocycles. The van der Waals surface area contributed by atoms with Crippen LogP contribution in [0, 0.1) is 0 Å². The SMILES string of the molecule is Nc1ccc(C(=O)Nc2cnc3ccccc3c2)cc1. The number of hydrogen-bond acceptors (Lipinski definition) is 3. The first kappa shape index (κ1) is 12.2. The number of nitrogens with two attached hydrogens (primary N) is 1. The minimum atomic E-state index is -0.179. The van der Waals surface area contributed by atoms with E-state index in [2.05, 4.69) is 10.3 Å². The van der Waals surface area contributed by atoms with Gasteiger partial charge in [0.2, 0.25) is 0 Å². The van der Waals surface area contributed by atoms with Gasteiger partial charge in [-0.15, -0.1) is 0 Å². The third kappa shape index (κ3) is 2.44. The van der Waals surface area contributed by atoms with E-state index in [0.717, 1.165) is 10.9 Å². The van der Waals surface area contributed by atoms with Gasteiger partial charge in [0.05, 0.1) is 17.4 Å². The summed E-state index contributed by atoms with van der Waals surface area (Å²) in [6.07, 6.45) is 1.65. The predicted octanol–water partition coefficient (Wildman–Crippen LogP) is 3.07. The summed E-state index contributed by atoms with van der Waals surface area (Å²) < 4.78 is 0. The van der Waals surface area contributed by atoms with Crippen LogP contribution in [0.5, 0.6) is 0 Å². The number of carbonyl (C=O) groups excluding carboxylic acids is 1. The molecule has 1 heterocycles. The van der Waals surface area contributed by atoms with Crippen LogP contribution in [0.3, 0.4) is 0 Å². The Balaban J connectivity index is 1.85. The van der Waals surface area contributed by atoms with Gasteiger partial charge in [0.25, 0.3) is 5.91 Å². The average molecular weight is 263 g/mol. The Hall–Kier alpha value is -2.88. The molecule has 0 unspecified atom stereocenters. The fourth-order valence-corrected chi connectivity index (χ4v) is 1.98. The van der Waals surface area contributed by atoms with Crippen LogP contribution in [-0.2, 0) is 0 Å². The topological polar surface area (TPSA) is 68.0 Å². The van der Waals surface area contributed by atoms with Crippen LogP contribution in [0.2, 0.25) is 0 Å². The van der Waals surface area contributed by atoms with Crippen LogP contribution in [-0.4, -0.2) is 10.9 Å². The second-order valence-corrected chi connectivity index (χ2v) is 4.49. The number of rotatable bonds is 2. The number of hydrogen-bond donors (Lipinski definition) is 2. The maximum absolute atomic E-state index is 12.1. The Morgan fingerprint density at radius 1 is 1.05 bits per heavy atom. The molecular weight excluding hydrogens is 250 g/mol. The molecule has 1 aromatic heterocycles. The fraction of sp³-hybridized carbons (Fsp3) is 0. The third-order valence-corrected chi connectivity index (χ3v) is 3.02. The van der Waals surface area contributed by atoms with Crippen molar-refractivity contribution in [1.82, 2.24) is 4.98 Å². The smallest absolute Gasteiger partial charge is 0.255 e. The Kier molecular flexibility index (Phi) is 3.05. The number of nitrogens with zero attached hydrogens (tertiary/aromatic N) is 1. The molecule has 0 spiro atoms. The van der Waals surface area contributed by atoms with Gasteiger partial charge < -0.3 is 11.1 Å². The van der Waals surface area contributed by atoms with Gasteiger partial charge in [0, 0.05) is 16.6 Å². The summed E-state index contributed by atoms with van der Waals surface area (Å²) in [4.78, 5) is 16.4. The van der Waals surface area contributed by atoms with Crippen LogP contribution in [0.4, 0.5) is 11.4 Å². The molecule has 4 heteroatoms. The van der Waals surface area contributed by atoms with Crippen molar-refractivity contribution in [2.45, 2.75) is 0 Å². The number of pyridine rings is 1. The summed E-state index contributed by atoms with van der Waals surface area (Å²) in [5.74, 6) is -0.179. The molecule has 0 aliphatic carbocycles. The first-order chi connectivity index (χ1) is 9.72. The summed E-state index contributed by atoms with van der Waals surface area (Å²) in [5, 5.41) is 3.82. The van der Waals surface area contributed by atoms with Crippen molar-refractivity contribution in [3.05, 3.63) is 66.4 Å². The van der Waals surface area contributed by atoms with E-state index in [9.17, 15) is 4.79 Å². The van der Waals surface area contributed by atoms with Gasteiger partial charge in [-0.2, -0.15) is 0 Å². The first-order valence-corrected chi connectivity index (χ1v) is 6.24. The van der Waals surface area contributed by atoms with E-state index in [-0.39, 0.29) is 5.91 Å². The maximum atomic E-state index is 12.1. The molecule has 20 heavy (non-hydrogen) atoms. The monoisotopic (exact) mass is 263 g/mol.